The van der Waals surface area contributed by atoms with Gasteiger partial charge in [-0.2, -0.15) is 4.98 Å². The molecule has 3 rings (SSSR count). The van der Waals surface area contributed by atoms with Gasteiger partial charge < -0.3 is 20.5 Å². The zero-order valence-corrected chi connectivity index (χ0v) is 11.9. The van der Waals surface area contributed by atoms with E-state index in [1.807, 2.05) is 25.1 Å². The molecule has 0 saturated carbocycles. The van der Waals surface area contributed by atoms with Gasteiger partial charge in [-0.25, -0.2) is 4.98 Å². The standard InChI is InChI=1S/C15H18N4O2/c1-2-20-15-13(16)14(18-9-19-15)17-8-11-7-10-5-3-4-6-12(10)21-11/h3-6,9,11H,2,7-8,16H2,1H3,(H,17,18,19). The highest BCUT2D eigenvalue weighted by molar-refractivity contribution is 5.66. The highest BCUT2D eigenvalue weighted by Gasteiger charge is 2.22. The van der Waals surface area contributed by atoms with Crippen molar-refractivity contribution >= 4 is 11.5 Å². The van der Waals surface area contributed by atoms with E-state index >= 15 is 0 Å². The second-order valence-corrected chi connectivity index (χ2v) is 4.81. The molecule has 110 valence electrons. The largest absolute Gasteiger partial charge is 0.488 e. The van der Waals surface area contributed by atoms with Crippen LogP contribution < -0.4 is 20.5 Å². The molecule has 1 aliphatic rings. The molecule has 6 nitrogen and oxygen atoms in total. The topological polar surface area (TPSA) is 82.3 Å². The number of hydrogen-bond acceptors (Lipinski definition) is 6. The number of nitrogens with zero attached hydrogens (tertiary/aromatic N) is 2. The Morgan fingerprint density at radius 3 is 3.05 bits per heavy atom. The molecule has 2 heterocycles. The van der Waals surface area contributed by atoms with Crippen LogP contribution in [0.4, 0.5) is 11.5 Å². The Bertz CT molecular complexity index is 608. The van der Waals surface area contributed by atoms with Crippen LogP contribution in [0.5, 0.6) is 11.6 Å². The quantitative estimate of drug-likeness (QED) is 0.873. The van der Waals surface area contributed by atoms with Gasteiger partial charge in [-0.3, -0.25) is 0 Å². The summed E-state index contributed by atoms with van der Waals surface area (Å²) in [6.45, 7) is 3.03. The molecule has 0 spiro atoms. The van der Waals surface area contributed by atoms with Crippen LogP contribution in [0, 0.1) is 0 Å². The highest BCUT2D eigenvalue weighted by atomic mass is 16.5. The van der Waals surface area contributed by atoms with Crippen molar-refractivity contribution in [1.82, 2.24) is 9.97 Å². The lowest BCUT2D eigenvalue weighted by atomic mass is 10.1. The zero-order chi connectivity index (χ0) is 14.7. The van der Waals surface area contributed by atoms with E-state index in [1.165, 1.54) is 11.9 Å². The van der Waals surface area contributed by atoms with Crippen molar-refractivity contribution in [2.75, 3.05) is 24.2 Å². The van der Waals surface area contributed by atoms with E-state index < -0.39 is 0 Å². The Hall–Kier alpha value is -2.50. The van der Waals surface area contributed by atoms with Crippen LogP contribution >= 0.6 is 0 Å². The highest BCUT2D eigenvalue weighted by Crippen LogP contribution is 2.29. The predicted octanol–water partition coefficient (Wildman–Crippen LogP) is 1.87. The number of anilines is 2. The third-order valence-electron chi connectivity index (χ3n) is 3.34. The minimum Gasteiger partial charge on any atom is -0.488 e. The van der Waals surface area contributed by atoms with E-state index in [1.54, 1.807) is 0 Å². The van der Waals surface area contributed by atoms with Crippen LogP contribution in [0.25, 0.3) is 0 Å². The first-order valence-electron chi connectivity index (χ1n) is 6.99. The molecule has 1 aliphatic heterocycles. The second-order valence-electron chi connectivity index (χ2n) is 4.81. The van der Waals surface area contributed by atoms with E-state index in [9.17, 15) is 0 Å². The van der Waals surface area contributed by atoms with Crippen LogP contribution in [-0.4, -0.2) is 29.2 Å². The molecule has 0 amide bonds. The van der Waals surface area contributed by atoms with Crippen molar-refractivity contribution in [2.45, 2.75) is 19.4 Å². The predicted molar refractivity (Wildman–Crippen MR) is 80.7 cm³/mol. The third-order valence-corrected chi connectivity index (χ3v) is 3.34. The summed E-state index contributed by atoms with van der Waals surface area (Å²) >= 11 is 0. The third kappa shape index (κ3) is 2.84. The molecule has 1 atom stereocenters. The van der Waals surface area contributed by atoms with Gasteiger partial charge in [0.1, 0.15) is 23.9 Å². The smallest absolute Gasteiger partial charge is 0.242 e. The van der Waals surface area contributed by atoms with Gasteiger partial charge in [-0.15, -0.1) is 0 Å². The summed E-state index contributed by atoms with van der Waals surface area (Å²) in [6.07, 6.45) is 2.40. The van der Waals surface area contributed by atoms with Crippen LogP contribution in [0.1, 0.15) is 12.5 Å². The number of para-hydroxylation sites is 1. The van der Waals surface area contributed by atoms with Gasteiger partial charge in [0, 0.05) is 6.42 Å². The van der Waals surface area contributed by atoms with Gasteiger partial charge in [0.05, 0.1) is 13.2 Å². The van der Waals surface area contributed by atoms with Crippen molar-refractivity contribution in [1.29, 1.82) is 0 Å². The summed E-state index contributed by atoms with van der Waals surface area (Å²) in [4.78, 5) is 8.16. The molecule has 3 N–H and O–H groups in total. The van der Waals surface area contributed by atoms with Gasteiger partial charge in [0.2, 0.25) is 5.88 Å². The maximum atomic E-state index is 5.99. The molecule has 6 heteroatoms. The van der Waals surface area contributed by atoms with E-state index in [0.29, 0.717) is 30.5 Å². The van der Waals surface area contributed by atoms with E-state index in [4.69, 9.17) is 15.2 Å². The number of hydrogen-bond donors (Lipinski definition) is 2. The number of benzene rings is 1. The van der Waals surface area contributed by atoms with Gasteiger partial charge >= 0.3 is 0 Å². The SMILES string of the molecule is CCOc1ncnc(NCC2Cc3ccccc3O2)c1N. The fourth-order valence-electron chi connectivity index (χ4n) is 2.35. The average molecular weight is 286 g/mol. The van der Waals surface area contributed by atoms with Crippen molar-refractivity contribution in [2.24, 2.45) is 0 Å². The normalized spacial score (nSPS) is 16.1. The fraction of sp³-hybridized carbons (Fsp3) is 0.333. The molecule has 2 aromatic rings. The van der Waals surface area contributed by atoms with Crippen molar-refractivity contribution < 1.29 is 9.47 Å². The monoisotopic (exact) mass is 286 g/mol. The molecule has 1 aromatic carbocycles. The Balaban J connectivity index is 1.63. The molecular formula is C15H18N4O2. The molecule has 1 unspecified atom stereocenters. The van der Waals surface area contributed by atoms with Gasteiger partial charge in [-0.05, 0) is 18.6 Å². The first kappa shape index (κ1) is 13.5. The molecule has 1 aromatic heterocycles. The first-order chi connectivity index (χ1) is 10.3. The van der Waals surface area contributed by atoms with Gasteiger partial charge in [0.25, 0.3) is 0 Å². The molecular weight excluding hydrogens is 268 g/mol. The number of aromatic nitrogens is 2. The summed E-state index contributed by atoms with van der Waals surface area (Å²) in [7, 11) is 0. The Morgan fingerprint density at radius 1 is 1.38 bits per heavy atom. The number of nitrogen functional groups attached to an aromatic ring is 1. The number of rotatable bonds is 5. The van der Waals surface area contributed by atoms with Crippen LogP contribution in [0.2, 0.25) is 0 Å². The summed E-state index contributed by atoms with van der Waals surface area (Å²) < 4.78 is 11.2. The molecule has 0 aliphatic carbocycles. The Kier molecular flexibility index (Phi) is 3.77. The summed E-state index contributed by atoms with van der Waals surface area (Å²) in [6, 6.07) is 8.07. The molecule has 0 radical (unpaired) electrons. The first-order valence-corrected chi connectivity index (χ1v) is 6.99. The lowest BCUT2D eigenvalue weighted by Crippen LogP contribution is -2.24. The summed E-state index contributed by atoms with van der Waals surface area (Å²) in [5, 5.41) is 3.21. The number of nitrogens with one attached hydrogen (secondary N) is 1. The minimum absolute atomic E-state index is 0.0762. The summed E-state index contributed by atoms with van der Waals surface area (Å²) in [5.41, 5.74) is 7.64. The van der Waals surface area contributed by atoms with E-state index in [2.05, 4.69) is 21.4 Å². The van der Waals surface area contributed by atoms with E-state index in [-0.39, 0.29) is 6.10 Å². The van der Waals surface area contributed by atoms with E-state index in [0.717, 1.165) is 12.2 Å². The van der Waals surface area contributed by atoms with Gasteiger partial charge in [-0.1, -0.05) is 18.2 Å². The molecule has 0 bridgehead atoms. The maximum absolute atomic E-state index is 5.99. The van der Waals surface area contributed by atoms with Gasteiger partial charge in [0.15, 0.2) is 5.82 Å². The molecule has 0 saturated heterocycles. The van der Waals surface area contributed by atoms with Crippen molar-refractivity contribution in [3.05, 3.63) is 36.2 Å². The Labute approximate surface area is 123 Å². The Morgan fingerprint density at radius 2 is 2.24 bits per heavy atom. The fourth-order valence-corrected chi connectivity index (χ4v) is 2.35. The number of fused-ring (bicyclic) bond motifs is 1. The van der Waals surface area contributed by atoms with Crippen LogP contribution in [0.15, 0.2) is 30.6 Å². The van der Waals surface area contributed by atoms with Crippen molar-refractivity contribution in [3.63, 3.8) is 0 Å². The minimum atomic E-state index is 0.0762. The van der Waals surface area contributed by atoms with Crippen LogP contribution in [0.3, 0.4) is 0 Å². The number of nitrogens with two attached hydrogens (primary N) is 1. The number of ether oxygens (including phenoxy) is 2. The van der Waals surface area contributed by atoms with Crippen LogP contribution in [-0.2, 0) is 6.42 Å². The lowest BCUT2D eigenvalue weighted by Gasteiger charge is -2.14. The summed E-state index contributed by atoms with van der Waals surface area (Å²) in [5.74, 6) is 1.94. The molecule has 0 fully saturated rings. The lowest BCUT2D eigenvalue weighted by molar-refractivity contribution is 0.246. The molecule has 21 heavy (non-hydrogen) atoms. The van der Waals surface area contributed by atoms with Crippen molar-refractivity contribution in [3.8, 4) is 11.6 Å². The maximum Gasteiger partial charge on any atom is 0.242 e. The average Bonchev–Trinajstić information content (AvgIpc) is 2.91. The second kappa shape index (κ2) is 5.87. The zero-order valence-electron chi connectivity index (χ0n) is 11.9.